The quantitative estimate of drug-likeness (QED) is 0.607. The van der Waals surface area contributed by atoms with Crippen molar-refractivity contribution in [1.82, 2.24) is 10.6 Å². The maximum absolute atomic E-state index is 11.9. The summed E-state index contributed by atoms with van der Waals surface area (Å²) < 4.78 is 5.36. The smallest absolute Gasteiger partial charge is 0.315 e. The average molecular weight is 334 g/mol. The van der Waals surface area contributed by atoms with Gasteiger partial charge in [-0.05, 0) is 37.1 Å². The van der Waals surface area contributed by atoms with E-state index in [1.807, 2.05) is 0 Å². The molecule has 0 unspecified atom stereocenters. The summed E-state index contributed by atoms with van der Waals surface area (Å²) in [6, 6.07) is 6.94. The first kappa shape index (κ1) is 18.1. The summed E-state index contributed by atoms with van der Waals surface area (Å²) in [5.74, 6) is 0.424. The van der Waals surface area contributed by atoms with E-state index >= 15 is 0 Å². The van der Waals surface area contributed by atoms with E-state index in [2.05, 4.69) is 16.0 Å². The van der Waals surface area contributed by atoms with Crippen molar-refractivity contribution in [3.05, 3.63) is 24.3 Å². The SMILES string of the molecule is NCCOc1ccc(NC(=O)CNC(=O)NC2CCCCC2)cc1. The Hall–Kier alpha value is -2.28. The molecule has 0 atom stereocenters. The number of urea groups is 1. The fraction of sp³-hybridized carbons (Fsp3) is 0.529. The molecule has 1 fully saturated rings. The number of rotatable bonds is 7. The molecule has 1 aliphatic rings. The van der Waals surface area contributed by atoms with Crippen molar-refractivity contribution in [2.75, 3.05) is 25.0 Å². The Kier molecular flexibility index (Phi) is 7.35. The summed E-state index contributed by atoms with van der Waals surface area (Å²) in [7, 11) is 0. The van der Waals surface area contributed by atoms with Crippen LogP contribution in [0, 0.1) is 0 Å². The highest BCUT2D eigenvalue weighted by atomic mass is 16.5. The van der Waals surface area contributed by atoms with E-state index in [4.69, 9.17) is 10.5 Å². The van der Waals surface area contributed by atoms with Crippen LogP contribution in [0.1, 0.15) is 32.1 Å². The molecule has 1 saturated carbocycles. The lowest BCUT2D eigenvalue weighted by Crippen LogP contribution is -2.45. The second kappa shape index (κ2) is 9.77. The maximum Gasteiger partial charge on any atom is 0.315 e. The molecule has 132 valence electrons. The van der Waals surface area contributed by atoms with Crippen molar-refractivity contribution in [3.63, 3.8) is 0 Å². The Labute approximate surface area is 142 Å². The van der Waals surface area contributed by atoms with Gasteiger partial charge >= 0.3 is 6.03 Å². The minimum Gasteiger partial charge on any atom is -0.492 e. The molecule has 5 N–H and O–H groups in total. The molecular formula is C17H26N4O3. The minimum atomic E-state index is -0.289. The monoisotopic (exact) mass is 334 g/mol. The Morgan fingerprint density at radius 2 is 1.83 bits per heavy atom. The van der Waals surface area contributed by atoms with Gasteiger partial charge < -0.3 is 26.4 Å². The number of hydrogen-bond acceptors (Lipinski definition) is 4. The van der Waals surface area contributed by atoms with Crippen LogP contribution in [-0.4, -0.2) is 37.7 Å². The first-order valence-electron chi connectivity index (χ1n) is 8.44. The zero-order valence-corrected chi connectivity index (χ0v) is 13.8. The van der Waals surface area contributed by atoms with E-state index in [0.717, 1.165) is 25.7 Å². The van der Waals surface area contributed by atoms with Gasteiger partial charge in [0.15, 0.2) is 0 Å². The zero-order valence-electron chi connectivity index (χ0n) is 13.8. The summed E-state index contributed by atoms with van der Waals surface area (Å²) in [6.07, 6.45) is 5.56. The topological polar surface area (TPSA) is 105 Å². The maximum atomic E-state index is 11.9. The third kappa shape index (κ3) is 6.45. The van der Waals surface area contributed by atoms with Gasteiger partial charge in [-0.3, -0.25) is 4.79 Å². The minimum absolute atomic E-state index is 0.0655. The largest absolute Gasteiger partial charge is 0.492 e. The van der Waals surface area contributed by atoms with Crippen LogP contribution in [-0.2, 0) is 4.79 Å². The van der Waals surface area contributed by atoms with E-state index < -0.39 is 0 Å². The van der Waals surface area contributed by atoms with E-state index in [9.17, 15) is 9.59 Å². The number of amides is 3. The van der Waals surface area contributed by atoms with Crippen LogP contribution < -0.4 is 26.4 Å². The van der Waals surface area contributed by atoms with E-state index in [1.165, 1.54) is 6.42 Å². The number of nitrogens with one attached hydrogen (secondary N) is 3. The molecule has 0 aliphatic heterocycles. The molecule has 0 heterocycles. The van der Waals surface area contributed by atoms with Gasteiger partial charge in [0.05, 0.1) is 6.54 Å². The molecule has 7 nitrogen and oxygen atoms in total. The van der Waals surface area contributed by atoms with Crippen molar-refractivity contribution in [2.45, 2.75) is 38.1 Å². The van der Waals surface area contributed by atoms with Gasteiger partial charge in [-0.25, -0.2) is 4.79 Å². The Balaban J connectivity index is 1.67. The fourth-order valence-electron chi connectivity index (χ4n) is 2.66. The Morgan fingerprint density at radius 1 is 1.12 bits per heavy atom. The lowest BCUT2D eigenvalue weighted by atomic mass is 9.96. The van der Waals surface area contributed by atoms with Crippen LogP contribution in [0.5, 0.6) is 5.75 Å². The number of nitrogens with two attached hydrogens (primary N) is 1. The second-order valence-electron chi connectivity index (χ2n) is 5.87. The number of benzene rings is 1. The van der Waals surface area contributed by atoms with Crippen LogP contribution >= 0.6 is 0 Å². The van der Waals surface area contributed by atoms with Crippen LogP contribution in [0.3, 0.4) is 0 Å². The molecular weight excluding hydrogens is 308 g/mol. The van der Waals surface area contributed by atoms with Gasteiger partial charge in [0.1, 0.15) is 12.4 Å². The first-order chi connectivity index (χ1) is 11.7. The van der Waals surface area contributed by atoms with Crippen molar-refractivity contribution < 1.29 is 14.3 Å². The standard InChI is InChI=1S/C17H26N4O3/c18-10-11-24-15-8-6-14(7-9-15)20-16(22)12-19-17(23)21-13-4-2-1-3-5-13/h6-9,13H,1-5,10-12,18H2,(H,20,22)(H2,19,21,23). The highest BCUT2D eigenvalue weighted by molar-refractivity contribution is 5.94. The molecule has 0 saturated heterocycles. The Morgan fingerprint density at radius 3 is 2.50 bits per heavy atom. The molecule has 1 aromatic carbocycles. The van der Waals surface area contributed by atoms with Crippen LogP contribution in [0.2, 0.25) is 0 Å². The van der Waals surface area contributed by atoms with Gasteiger partial charge in [0, 0.05) is 18.3 Å². The van der Waals surface area contributed by atoms with Crippen LogP contribution in [0.15, 0.2) is 24.3 Å². The molecule has 2 rings (SSSR count). The second-order valence-corrected chi connectivity index (χ2v) is 5.87. The van der Waals surface area contributed by atoms with E-state index in [0.29, 0.717) is 24.6 Å². The molecule has 1 aromatic rings. The van der Waals surface area contributed by atoms with Crippen LogP contribution in [0.25, 0.3) is 0 Å². The summed E-state index contributed by atoms with van der Waals surface area (Å²) in [5.41, 5.74) is 6.02. The lowest BCUT2D eigenvalue weighted by Gasteiger charge is -2.22. The van der Waals surface area contributed by atoms with Gasteiger partial charge in [0.25, 0.3) is 0 Å². The number of anilines is 1. The van der Waals surface area contributed by atoms with Crippen molar-refractivity contribution in [2.24, 2.45) is 5.73 Å². The molecule has 3 amide bonds. The van der Waals surface area contributed by atoms with Gasteiger partial charge in [-0.1, -0.05) is 19.3 Å². The average Bonchev–Trinajstić information content (AvgIpc) is 2.60. The van der Waals surface area contributed by atoms with Gasteiger partial charge in [-0.15, -0.1) is 0 Å². The van der Waals surface area contributed by atoms with Gasteiger partial charge in [0.2, 0.25) is 5.91 Å². The third-order valence-electron chi connectivity index (χ3n) is 3.87. The molecule has 0 bridgehead atoms. The van der Waals surface area contributed by atoms with Crippen molar-refractivity contribution in [3.8, 4) is 5.75 Å². The summed E-state index contributed by atoms with van der Waals surface area (Å²) in [4.78, 5) is 23.6. The molecule has 1 aliphatic carbocycles. The number of hydrogen-bond donors (Lipinski definition) is 4. The third-order valence-corrected chi connectivity index (χ3v) is 3.87. The highest BCUT2D eigenvalue weighted by Gasteiger charge is 2.15. The molecule has 24 heavy (non-hydrogen) atoms. The molecule has 7 heteroatoms. The van der Waals surface area contributed by atoms with Gasteiger partial charge in [-0.2, -0.15) is 0 Å². The molecule has 0 spiro atoms. The predicted octanol–water partition coefficient (Wildman–Crippen LogP) is 1.59. The number of ether oxygens (including phenoxy) is 1. The summed E-state index contributed by atoms with van der Waals surface area (Å²) in [6.45, 7) is 0.836. The van der Waals surface area contributed by atoms with Crippen LogP contribution in [0.4, 0.5) is 10.5 Å². The van der Waals surface area contributed by atoms with Crippen molar-refractivity contribution in [1.29, 1.82) is 0 Å². The Bertz CT molecular complexity index is 527. The number of carbonyl (C=O) groups is 2. The van der Waals surface area contributed by atoms with E-state index in [1.54, 1.807) is 24.3 Å². The first-order valence-corrected chi connectivity index (χ1v) is 8.44. The normalized spacial score (nSPS) is 14.7. The molecule has 0 aromatic heterocycles. The summed E-state index contributed by atoms with van der Waals surface area (Å²) in [5, 5.41) is 8.22. The molecule has 0 radical (unpaired) electrons. The predicted molar refractivity (Wildman–Crippen MR) is 93.0 cm³/mol. The van der Waals surface area contributed by atoms with Crippen molar-refractivity contribution >= 4 is 17.6 Å². The summed E-state index contributed by atoms with van der Waals surface area (Å²) >= 11 is 0. The zero-order chi connectivity index (χ0) is 17.2. The highest BCUT2D eigenvalue weighted by Crippen LogP contribution is 2.17. The number of carbonyl (C=O) groups excluding carboxylic acids is 2. The van der Waals surface area contributed by atoms with E-state index in [-0.39, 0.29) is 24.5 Å². The lowest BCUT2D eigenvalue weighted by molar-refractivity contribution is -0.115. The fourth-order valence-corrected chi connectivity index (χ4v) is 2.66.